The molecule has 1 heterocycles. The highest BCUT2D eigenvalue weighted by Gasteiger charge is 2.33. The van der Waals surface area contributed by atoms with Gasteiger partial charge in [0.15, 0.2) is 0 Å². The maximum Gasteiger partial charge on any atom is 0.344 e. The van der Waals surface area contributed by atoms with E-state index >= 15 is 0 Å². The van der Waals surface area contributed by atoms with Crippen LogP contribution in [-0.4, -0.2) is 27.8 Å². The summed E-state index contributed by atoms with van der Waals surface area (Å²) in [4.78, 5) is 17.0. The number of phenolic OH excluding ortho intramolecular Hbond substituents is 1. The van der Waals surface area contributed by atoms with Crippen LogP contribution in [0.4, 0.5) is 10.1 Å². The number of aliphatic hydroxyl groups is 1. The summed E-state index contributed by atoms with van der Waals surface area (Å²) in [5.41, 5.74) is 1.58. The number of aromatic hydroxyl groups is 1. The second-order valence-electron chi connectivity index (χ2n) is 6.01. The molecular formula is C21H18FNO4S. The Labute approximate surface area is 165 Å². The van der Waals surface area contributed by atoms with Crippen LogP contribution in [0.5, 0.6) is 5.75 Å². The van der Waals surface area contributed by atoms with Gasteiger partial charge in [0.2, 0.25) is 0 Å². The summed E-state index contributed by atoms with van der Waals surface area (Å²) in [6.07, 6.45) is 1.56. The molecule has 0 aromatic heterocycles. The molecule has 144 valence electrons. The molecule has 1 aliphatic rings. The molecule has 0 atom stereocenters. The molecule has 0 radical (unpaired) electrons. The lowest BCUT2D eigenvalue weighted by Gasteiger charge is -2.03. The van der Waals surface area contributed by atoms with Gasteiger partial charge in [0.25, 0.3) is 0 Å². The third-order valence-corrected chi connectivity index (χ3v) is 4.90. The van der Waals surface area contributed by atoms with E-state index in [-0.39, 0.29) is 28.7 Å². The summed E-state index contributed by atoms with van der Waals surface area (Å²) in [6.45, 7) is 3.63. The summed E-state index contributed by atoms with van der Waals surface area (Å²) in [7, 11) is 0. The number of phenols is 1. The van der Waals surface area contributed by atoms with Crippen LogP contribution < -0.4 is 0 Å². The minimum atomic E-state index is -0.723. The fourth-order valence-electron chi connectivity index (χ4n) is 2.57. The Morgan fingerprint density at radius 2 is 2.04 bits per heavy atom. The standard InChI is InChI=1S/C21H18FNO4S/c1-3-27-21(26)18-19(25)17(10-13-8-7-12(2)9-16(13)24)28-20(18)23-15-6-4-5-14(22)11-15/h4-11,24-25H,3H2,1-2H3/b17-10+,23-20?. The van der Waals surface area contributed by atoms with Crippen LogP contribution in [0.3, 0.4) is 0 Å². The number of hydrogen-bond donors (Lipinski definition) is 2. The van der Waals surface area contributed by atoms with Gasteiger partial charge >= 0.3 is 5.97 Å². The molecule has 0 fully saturated rings. The van der Waals surface area contributed by atoms with Crippen molar-refractivity contribution in [1.82, 2.24) is 0 Å². The Balaban J connectivity index is 2.07. The fraction of sp³-hybridized carbons (Fsp3) is 0.143. The largest absolute Gasteiger partial charge is 0.507 e. The number of thioether (sulfide) groups is 1. The van der Waals surface area contributed by atoms with Gasteiger partial charge in [0, 0.05) is 5.56 Å². The van der Waals surface area contributed by atoms with E-state index in [1.807, 2.05) is 13.0 Å². The third-order valence-electron chi connectivity index (χ3n) is 3.88. The van der Waals surface area contributed by atoms with E-state index in [4.69, 9.17) is 4.74 Å². The Bertz CT molecular complexity index is 1030. The number of rotatable bonds is 4. The van der Waals surface area contributed by atoms with Crippen molar-refractivity contribution in [2.45, 2.75) is 13.8 Å². The lowest BCUT2D eigenvalue weighted by atomic mass is 10.1. The van der Waals surface area contributed by atoms with E-state index in [2.05, 4.69) is 4.99 Å². The fourth-order valence-corrected chi connectivity index (χ4v) is 3.60. The van der Waals surface area contributed by atoms with E-state index in [9.17, 15) is 19.4 Å². The maximum atomic E-state index is 13.5. The first-order chi connectivity index (χ1) is 13.4. The number of carbonyl (C=O) groups excluding carboxylic acids is 1. The predicted molar refractivity (Wildman–Crippen MR) is 108 cm³/mol. The van der Waals surface area contributed by atoms with Crippen LogP contribution in [0, 0.1) is 12.7 Å². The molecule has 2 aromatic rings. The van der Waals surface area contributed by atoms with Crippen molar-refractivity contribution < 1.29 is 24.1 Å². The second kappa shape index (κ2) is 8.31. The van der Waals surface area contributed by atoms with Gasteiger partial charge in [-0.25, -0.2) is 14.2 Å². The molecule has 3 rings (SSSR count). The minimum Gasteiger partial charge on any atom is -0.507 e. The van der Waals surface area contributed by atoms with Gasteiger partial charge in [-0.15, -0.1) is 0 Å². The Morgan fingerprint density at radius 3 is 2.71 bits per heavy atom. The monoisotopic (exact) mass is 399 g/mol. The number of halogens is 1. The van der Waals surface area contributed by atoms with E-state index in [0.717, 1.165) is 17.3 Å². The molecule has 5 nitrogen and oxygen atoms in total. The number of aryl methyl sites for hydroxylation is 1. The van der Waals surface area contributed by atoms with Gasteiger partial charge in [-0.2, -0.15) is 0 Å². The van der Waals surface area contributed by atoms with Gasteiger partial charge in [-0.05, 0) is 49.8 Å². The lowest BCUT2D eigenvalue weighted by Crippen LogP contribution is -2.12. The summed E-state index contributed by atoms with van der Waals surface area (Å²) in [5, 5.41) is 20.9. The summed E-state index contributed by atoms with van der Waals surface area (Å²) in [5.74, 6) is -1.43. The van der Waals surface area contributed by atoms with E-state index in [1.165, 1.54) is 18.2 Å². The molecule has 2 aromatic carbocycles. The molecule has 0 saturated heterocycles. The van der Waals surface area contributed by atoms with Crippen LogP contribution in [0.2, 0.25) is 0 Å². The number of carbonyl (C=O) groups is 1. The number of esters is 1. The molecule has 1 aliphatic heterocycles. The first-order valence-electron chi connectivity index (χ1n) is 8.53. The highest BCUT2D eigenvalue weighted by Crippen LogP contribution is 2.41. The SMILES string of the molecule is CCOC(=O)C1=C(O)/C(=C\c2ccc(C)cc2O)SC1=Nc1cccc(F)c1. The molecule has 0 spiro atoms. The van der Waals surface area contributed by atoms with Gasteiger partial charge in [-0.1, -0.05) is 30.0 Å². The molecule has 0 bridgehead atoms. The molecular weight excluding hydrogens is 381 g/mol. The van der Waals surface area contributed by atoms with Crippen LogP contribution in [-0.2, 0) is 9.53 Å². The summed E-state index contributed by atoms with van der Waals surface area (Å²) < 4.78 is 18.5. The number of nitrogens with zero attached hydrogens (tertiary/aromatic N) is 1. The highest BCUT2D eigenvalue weighted by atomic mass is 32.2. The average molecular weight is 399 g/mol. The van der Waals surface area contributed by atoms with Crippen molar-refractivity contribution in [2.75, 3.05) is 6.61 Å². The van der Waals surface area contributed by atoms with Crippen LogP contribution in [0.25, 0.3) is 6.08 Å². The Morgan fingerprint density at radius 1 is 1.25 bits per heavy atom. The van der Waals surface area contributed by atoms with Gasteiger partial charge in [0.1, 0.15) is 27.9 Å². The quantitative estimate of drug-likeness (QED) is 0.705. The van der Waals surface area contributed by atoms with E-state index < -0.39 is 11.8 Å². The molecule has 0 aliphatic carbocycles. The van der Waals surface area contributed by atoms with Gasteiger partial charge < -0.3 is 14.9 Å². The first kappa shape index (κ1) is 19.7. The average Bonchev–Trinajstić information content (AvgIpc) is 2.93. The number of aliphatic hydroxyl groups excluding tert-OH is 1. The molecule has 2 N–H and O–H groups in total. The summed E-state index contributed by atoms with van der Waals surface area (Å²) >= 11 is 1.04. The molecule has 0 saturated carbocycles. The van der Waals surface area contributed by atoms with Crippen molar-refractivity contribution >= 4 is 34.5 Å². The van der Waals surface area contributed by atoms with Crippen molar-refractivity contribution in [1.29, 1.82) is 0 Å². The van der Waals surface area contributed by atoms with Gasteiger partial charge in [-0.3, -0.25) is 0 Å². The smallest absolute Gasteiger partial charge is 0.344 e. The van der Waals surface area contributed by atoms with Crippen LogP contribution >= 0.6 is 11.8 Å². The number of ether oxygens (including phenoxy) is 1. The van der Waals surface area contributed by atoms with E-state index in [1.54, 1.807) is 31.2 Å². The van der Waals surface area contributed by atoms with E-state index in [0.29, 0.717) is 16.2 Å². The molecule has 0 amide bonds. The topological polar surface area (TPSA) is 79.1 Å². The molecule has 0 unspecified atom stereocenters. The Hall–Kier alpha value is -3.06. The first-order valence-corrected chi connectivity index (χ1v) is 9.35. The van der Waals surface area contributed by atoms with Gasteiger partial charge in [0.05, 0.1) is 17.2 Å². The zero-order chi connectivity index (χ0) is 20.3. The Kier molecular flexibility index (Phi) is 5.84. The zero-order valence-corrected chi connectivity index (χ0v) is 16.1. The van der Waals surface area contributed by atoms with Crippen LogP contribution in [0.15, 0.2) is 63.7 Å². The highest BCUT2D eigenvalue weighted by molar-refractivity contribution is 8.18. The van der Waals surface area contributed by atoms with Crippen molar-refractivity contribution in [3.05, 3.63) is 75.6 Å². The second-order valence-corrected chi connectivity index (χ2v) is 7.04. The summed E-state index contributed by atoms with van der Waals surface area (Å²) in [6, 6.07) is 10.7. The lowest BCUT2D eigenvalue weighted by molar-refractivity contribution is -0.138. The normalized spacial score (nSPS) is 16.8. The number of aliphatic imine (C=N–C) groups is 1. The third kappa shape index (κ3) is 4.26. The van der Waals surface area contributed by atoms with Crippen molar-refractivity contribution in [2.24, 2.45) is 4.99 Å². The molecule has 7 heteroatoms. The van der Waals surface area contributed by atoms with Crippen LogP contribution in [0.1, 0.15) is 18.1 Å². The molecule has 28 heavy (non-hydrogen) atoms. The van der Waals surface area contributed by atoms with Crippen molar-refractivity contribution in [3.8, 4) is 5.75 Å². The number of hydrogen-bond acceptors (Lipinski definition) is 6. The zero-order valence-electron chi connectivity index (χ0n) is 15.3. The maximum absolute atomic E-state index is 13.5. The predicted octanol–water partition coefficient (Wildman–Crippen LogP) is 5.03. The number of benzene rings is 2. The minimum absolute atomic E-state index is 0.0501. The van der Waals surface area contributed by atoms with Crippen molar-refractivity contribution in [3.63, 3.8) is 0 Å².